The first-order valence-corrected chi connectivity index (χ1v) is 12.4. The molecule has 4 aliphatic heterocycles. The van der Waals surface area contributed by atoms with Crippen molar-refractivity contribution in [1.29, 1.82) is 0 Å². The molecule has 0 spiro atoms. The Morgan fingerprint density at radius 2 is 1.94 bits per heavy atom. The summed E-state index contributed by atoms with van der Waals surface area (Å²) in [7, 11) is 1.61. The van der Waals surface area contributed by atoms with Gasteiger partial charge in [-0.05, 0) is 52.2 Å². The lowest BCUT2D eigenvalue weighted by molar-refractivity contribution is -0.238. The summed E-state index contributed by atoms with van der Waals surface area (Å²) in [6.45, 7) is 8.94. The first kappa shape index (κ1) is 23.9. The number of rotatable bonds is 4. The van der Waals surface area contributed by atoms with Crippen LogP contribution in [-0.2, 0) is 9.59 Å². The van der Waals surface area contributed by atoms with Crippen LogP contribution in [0.25, 0.3) is 0 Å². The highest BCUT2D eigenvalue weighted by atomic mass is 16.5. The number of ether oxygens (including phenoxy) is 1. The number of aliphatic hydroxyl groups excluding tert-OH is 1. The fourth-order valence-electron chi connectivity index (χ4n) is 6.44. The zero-order chi connectivity index (χ0) is 25.2. The molecule has 6 atom stereocenters. The van der Waals surface area contributed by atoms with E-state index >= 15 is 0 Å². The van der Waals surface area contributed by atoms with Gasteiger partial charge in [0.1, 0.15) is 17.9 Å². The fourth-order valence-corrected chi connectivity index (χ4v) is 6.44. The molecule has 0 aliphatic carbocycles. The lowest BCUT2D eigenvalue weighted by atomic mass is 9.73. The Kier molecular flexibility index (Phi) is 5.72. The van der Waals surface area contributed by atoms with Crippen molar-refractivity contribution < 1.29 is 24.5 Å². The van der Waals surface area contributed by atoms with Crippen LogP contribution in [0.2, 0.25) is 0 Å². The van der Waals surface area contributed by atoms with Gasteiger partial charge >= 0.3 is 0 Å². The van der Waals surface area contributed by atoms with Crippen molar-refractivity contribution in [3.63, 3.8) is 0 Å². The summed E-state index contributed by atoms with van der Waals surface area (Å²) in [5, 5.41) is 23.8. The molecule has 0 saturated carbocycles. The van der Waals surface area contributed by atoms with Gasteiger partial charge in [0.15, 0.2) is 0 Å². The lowest BCUT2D eigenvalue weighted by Gasteiger charge is -2.58. The second kappa shape index (κ2) is 8.38. The van der Waals surface area contributed by atoms with E-state index < -0.39 is 35.7 Å². The number of allylic oxidation sites excluding steroid dienone is 2. The second-order valence-corrected chi connectivity index (χ2v) is 10.6. The maximum Gasteiger partial charge on any atom is 0.279 e. The molecule has 1 aromatic rings. The molecule has 8 heteroatoms. The first-order valence-electron chi connectivity index (χ1n) is 12.4. The van der Waals surface area contributed by atoms with E-state index in [1.807, 2.05) is 52.0 Å². The summed E-state index contributed by atoms with van der Waals surface area (Å²) < 4.78 is 5.49. The highest BCUT2D eigenvalue weighted by molar-refractivity contribution is 6.00. The number of fused-ring (bicyclic) bond motifs is 5. The first-order chi connectivity index (χ1) is 16.6. The van der Waals surface area contributed by atoms with Crippen LogP contribution in [0.5, 0.6) is 5.75 Å². The average molecular weight is 482 g/mol. The third-order valence-corrected chi connectivity index (χ3v) is 7.95. The van der Waals surface area contributed by atoms with Crippen LogP contribution in [0.15, 0.2) is 41.5 Å². The van der Waals surface area contributed by atoms with E-state index in [-0.39, 0.29) is 11.9 Å². The summed E-state index contributed by atoms with van der Waals surface area (Å²) >= 11 is 0. The van der Waals surface area contributed by atoms with Crippen LogP contribution >= 0.6 is 0 Å². The smallest absolute Gasteiger partial charge is 0.279 e. The van der Waals surface area contributed by atoms with Gasteiger partial charge in [0.2, 0.25) is 11.6 Å². The van der Waals surface area contributed by atoms with Gasteiger partial charge in [0, 0.05) is 30.8 Å². The van der Waals surface area contributed by atoms with Crippen LogP contribution in [-0.4, -0.2) is 82.0 Å². The van der Waals surface area contributed by atoms with E-state index in [9.17, 15) is 19.8 Å². The lowest BCUT2D eigenvalue weighted by Crippen LogP contribution is -2.81. The Bertz CT molecular complexity index is 1120. The fraction of sp³-hybridized carbons (Fsp3) is 0.556. The predicted octanol–water partition coefficient (Wildman–Crippen LogP) is 2.16. The van der Waals surface area contributed by atoms with Crippen molar-refractivity contribution in [2.45, 2.75) is 76.4 Å². The van der Waals surface area contributed by atoms with E-state index in [0.29, 0.717) is 31.7 Å². The molecule has 188 valence electrons. The molecule has 3 fully saturated rings. The van der Waals surface area contributed by atoms with Crippen molar-refractivity contribution in [3.8, 4) is 5.75 Å². The number of amides is 2. The standard InChI is InChI=1S/C27H35N3O5/c1-15(2)10-12-28-20-14-17(35-5)8-9-18(20)22-23(28)21(13-16(3)4)30-25(32)19-7-6-11-29(19)26(33)27(30,34)24(22)31/h8-10,13-14,19,21-24,31,34H,6-7,11-12H2,1-5H3/t19-,21-,22?,23?,24-,27+/m0/s1. The maximum absolute atomic E-state index is 13.8. The molecule has 2 unspecified atom stereocenters. The Balaban J connectivity index is 1.73. The summed E-state index contributed by atoms with van der Waals surface area (Å²) in [6.07, 6.45) is 3.87. The van der Waals surface area contributed by atoms with Gasteiger partial charge in [0.05, 0.1) is 19.2 Å². The van der Waals surface area contributed by atoms with E-state index in [1.165, 1.54) is 9.80 Å². The molecular weight excluding hydrogens is 446 g/mol. The molecule has 2 amide bonds. The highest BCUT2D eigenvalue weighted by Crippen LogP contribution is 2.54. The van der Waals surface area contributed by atoms with Crippen LogP contribution < -0.4 is 9.64 Å². The largest absolute Gasteiger partial charge is 0.497 e. The van der Waals surface area contributed by atoms with E-state index in [1.54, 1.807) is 7.11 Å². The molecule has 5 rings (SSSR count). The third-order valence-electron chi connectivity index (χ3n) is 7.95. The number of hydrogen-bond donors (Lipinski definition) is 2. The monoisotopic (exact) mass is 481 g/mol. The number of anilines is 1. The van der Waals surface area contributed by atoms with Crippen LogP contribution in [0.3, 0.4) is 0 Å². The van der Waals surface area contributed by atoms with E-state index in [4.69, 9.17) is 4.74 Å². The van der Waals surface area contributed by atoms with Crippen LogP contribution in [0, 0.1) is 0 Å². The number of piperidine rings is 1. The Morgan fingerprint density at radius 1 is 1.20 bits per heavy atom. The molecule has 8 nitrogen and oxygen atoms in total. The average Bonchev–Trinajstić information content (AvgIpc) is 3.42. The number of benzene rings is 1. The molecule has 1 aromatic carbocycles. The SMILES string of the molecule is COc1ccc2c(c1)N(CC=C(C)C)C1C2[C@H](O)[C@@]2(O)C(=O)N3CCC[C@H]3C(=O)N2[C@H]1C=C(C)C. The Morgan fingerprint density at radius 3 is 2.60 bits per heavy atom. The molecule has 3 saturated heterocycles. The van der Waals surface area contributed by atoms with Crippen LogP contribution in [0.4, 0.5) is 5.69 Å². The van der Waals surface area contributed by atoms with Crippen molar-refractivity contribution in [2.75, 3.05) is 25.1 Å². The van der Waals surface area contributed by atoms with Gasteiger partial charge in [-0.15, -0.1) is 0 Å². The van der Waals surface area contributed by atoms with Crippen molar-refractivity contribution in [3.05, 3.63) is 47.1 Å². The molecule has 2 N–H and O–H groups in total. The van der Waals surface area contributed by atoms with Gasteiger partial charge in [-0.25, -0.2) is 0 Å². The molecule has 0 radical (unpaired) electrons. The summed E-state index contributed by atoms with van der Waals surface area (Å²) in [6, 6.07) is 4.14. The summed E-state index contributed by atoms with van der Waals surface area (Å²) in [5.41, 5.74) is 1.52. The van der Waals surface area contributed by atoms with E-state index in [0.717, 1.165) is 22.4 Å². The number of piperazine rings is 1. The maximum atomic E-state index is 13.8. The number of methoxy groups -OCH3 is 1. The normalized spacial score (nSPS) is 33.1. The molecule has 35 heavy (non-hydrogen) atoms. The number of nitrogens with zero attached hydrogens (tertiary/aromatic N) is 3. The zero-order valence-electron chi connectivity index (χ0n) is 21.1. The van der Waals surface area contributed by atoms with Gasteiger partial charge < -0.3 is 24.7 Å². The quantitative estimate of drug-likeness (QED) is 0.641. The minimum Gasteiger partial charge on any atom is -0.497 e. The number of hydrogen-bond acceptors (Lipinski definition) is 6. The second-order valence-electron chi connectivity index (χ2n) is 10.6. The Labute approximate surface area is 206 Å². The van der Waals surface area contributed by atoms with Crippen molar-refractivity contribution >= 4 is 17.5 Å². The molecule has 0 bridgehead atoms. The molecular formula is C27H35N3O5. The summed E-state index contributed by atoms with van der Waals surface area (Å²) in [5.74, 6) is -0.753. The number of carbonyl (C=O) groups is 2. The van der Waals surface area contributed by atoms with Gasteiger partial charge in [-0.3, -0.25) is 14.5 Å². The van der Waals surface area contributed by atoms with Crippen molar-refractivity contribution in [2.24, 2.45) is 0 Å². The molecule has 0 aromatic heterocycles. The molecule has 4 heterocycles. The van der Waals surface area contributed by atoms with Gasteiger partial charge in [-0.1, -0.05) is 29.4 Å². The Hall–Kier alpha value is -2.84. The summed E-state index contributed by atoms with van der Waals surface area (Å²) in [4.78, 5) is 32.5. The van der Waals surface area contributed by atoms with Gasteiger partial charge in [0.25, 0.3) is 5.91 Å². The van der Waals surface area contributed by atoms with Gasteiger partial charge in [-0.2, -0.15) is 0 Å². The number of aliphatic hydroxyl groups is 2. The van der Waals surface area contributed by atoms with Crippen molar-refractivity contribution in [1.82, 2.24) is 9.80 Å². The predicted molar refractivity (Wildman–Crippen MR) is 132 cm³/mol. The molecule has 4 aliphatic rings. The van der Waals surface area contributed by atoms with E-state index in [2.05, 4.69) is 11.0 Å². The van der Waals surface area contributed by atoms with Crippen LogP contribution in [0.1, 0.15) is 52.0 Å². The third kappa shape index (κ3) is 3.33. The minimum atomic E-state index is -2.32. The number of carbonyl (C=O) groups excluding carboxylic acids is 2. The zero-order valence-corrected chi connectivity index (χ0v) is 21.1. The topological polar surface area (TPSA) is 93.5 Å². The highest BCUT2D eigenvalue weighted by Gasteiger charge is 2.69. The minimum absolute atomic E-state index is 0.291.